The highest BCUT2D eigenvalue weighted by Crippen LogP contribution is 2.28. The van der Waals surface area contributed by atoms with Gasteiger partial charge in [-0.25, -0.2) is 0 Å². The van der Waals surface area contributed by atoms with Gasteiger partial charge in [0.25, 0.3) is 0 Å². The molecule has 0 bridgehead atoms. The van der Waals surface area contributed by atoms with Gasteiger partial charge < -0.3 is 16.2 Å². The summed E-state index contributed by atoms with van der Waals surface area (Å²) < 4.78 is 0. The van der Waals surface area contributed by atoms with E-state index in [-0.39, 0.29) is 5.54 Å². The van der Waals surface area contributed by atoms with Crippen LogP contribution in [-0.2, 0) is 0 Å². The first kappa shape index (κ1) is 12.9. The van der Waals surface area contributed by atoms with Crippen LogP contribution in [0.25, 0.3) is 0 Å². The van der Waals surface area contributed by atoms with Crippen LogP contribution in [0.15, 0.2) is 0 Å². The number of nitrogens with one attached hydrogen (secondary N) is 1. The summed E-state index contributed by atoms with van der Waals surface area (Å²) in [5.41, 5.74) is 6.09. The number of hydrogen-bond donors (Lipinski definition) is 3. The van der Waals surface area contributed by atoms with Gasteiger partial charge in [0.1, 0.15) is 0 Å². The molecule has 0 aliphatic heterocycles. The molecule has 90 valence electrons. The van der Waals surface area contributed by atoms with Crippen LogP contribution in [0, 0.1) is 0 Å². The van der Waals surface area contributed by atoms with E-state index in [2.05, 4.69) is 12.2 Å². The van der Waals surface area contributed by atoms with E-state index in [4.69, 9.17) is 10.8 Å². The van der Waals surface area contributed by atoms with Gasteiger partial charge in [0.2, 0.25) is 0 Å². The molecular formula is C12H26N2O. The molecule has 1 fully saturated rings. The number of rotatable bonds is 6. The highest BCUT2D eigenvalue weighted by atomic mass is 16.2. The highest BCUT2D eigenvalue weighted by Gasteiger charge is 2.31. The number of nitrogens with two attached hydrogens (primary N) is 1. The third-order valence-corrected chi connectivity index (χ3v) is 3.55. The van der Waals surface area contributed by atoms with E-state index in [1.54, 1.807) is 0 Å². The Labute approximate surface area is 93.4 Å². The maximum Gasteiger partial charge on any atom is 0.0431 e. The lowest BCUT2D eigenvalue weighted by atomic mass is 9.81. The predicted octanol–water partition coefficient (Wildman–Crippen LogP) is 1.40. The summed E-state index contributed by atoms with van der Waals surface area (Å²) in [6, 6.07) is 0.471. The zero-order valence-electron chi connectivity index (χ0n) is 9.97. The van der Waals surface area contributed by atoms with Gasteiger partial charge in [0.15, 0.2) is 0 Å². The lowest BCUT2D eigenvalue weighted by Gasteiger charge is -2.39. The molecule has 3 nitrogen and oxygen atoms in total. The first-order valence-electron chi connectivity index (χ1n) is 6.31. The molecule has 0 aromatic heterocycles. The number of aliphatic hydroxyl groups is 1. The zero-order valence-corrected chi connectivity index (χ0v) is 9.97. The molecule has 1 saturated carbocycles. The van der Waals surface area contributed by atoms with E-state index in [9.17, 15) is 0 Å². The average Bonchev–Trinajstić information content (AvgIpc) is 2.27. The van der Waals surface area contributed by atoms with E-state index in [1.807, 2.05) is 0 Å². The fraction of sp³-hybridized carbons (Fsp3) is 1.00. The van der Waals surface area contributed by atoms with Crippen molar-refractivity contribution in [1.82, 2.24) is 5.32 Å². The third-order valence-electron chi connectivity index (χ3n) is 3.55. The van der Waals surface area contributed by atoms with Gasteiger partial charge in [-0.05, 0) is 32.6 Å². The second-order valence-electron chi connectivity index (χ2n) is 4.96. The molecule has 1 unspecified atom stereocenters. The van der Waals surface area contributed by atoms with Crippen LogP contribution < -0.4 is 11.1 Å². The molecule has 0 heterocycles. The fourth-order valence-corrected chi connectivity index (χ4v) is 2.63. The second kappa shape index (κ2) is 6.46. The minimum absolute atomic E-state index is 0.188. The molecule has 1 aliphatic rings. The van der Waals surface area contributed by atoms with Gasteiger partial charge in [-0.3, -0.25) is 0 Å². The van der Waals surface area contributed by atoms with Crippen LogP contribution in [-0.4, -0.2) is 29.8 Å². The zero-order chi connectivity index (χ0) is 11.1. The van der Waals surface area contributed by atoms with E-state index in [0.717, 1.165) is 19.4 Å². The maximum absolute atomic E-state index is 8.79. The summed E-state index contributed by atoms with van der Waals surface area (Å²) in [5, 5.41) is 12.5. The molecule has 0 aromatic carbocycles. The lowest BCUT2D eigenvalue weighted by molar-refractivity contribution is 0.205. The Morgan fingerprint density at radius 2 is 2.00 bits per heavy atom. The number of aliphatic hydroxyl groups excluding tert-OH is 1. The van der Waals surface area contributed by atoms with Crippen molar-refractivity contribution in [2.24, 2.45) is 5.73 Å². The third kappa shape index (κ3) is 4.09. The van der Waals surface area contributed by atoms with Crippen molar-refractivity contribution in [2.75, 3.05) is 13.2 Å². The Morgan fingerprint density at radius 3 is 2.53 bits per heavy atom. The van der Waals surface area contributed by atoms with Crippen molar-refractivity contribution in [2.45, 2.75) is 63.5 Å². The topological polar surface area (TPSA) is 58.3 Å². The molecule has 0 saturated heterocycles. The summed E-state index contributed by atoms with van der Waals surface area (Å²) >= 11 is 0. The maximum atomic E-state index is 8.79. The minimum Gasteiger partial charge on any atom is -0.396 e. The summed E-state index contributed by atoms with van der Waals surface area (Å²) in [5.74, 6) is 0. The van der Waals surface area contributed by atoms with Gasteiger partial charge in [0.05, 0.1) is 0 Å². The van der Waals surface area contributed by atoms with E-state index < -0.39 is 0 Å². The molecule has 0 radical (unpaired) electrons. The first-order chi connectivity index (χ1) is 7.22. The van der Waals surface area contributed by atoms with Crippen LogP contribution in [0.4, 0.5) is 0 Å². The normalized spacial score (nSPS) is 22.6. The SMILES string of the molecule is CC(CCCO)NC1(CN)CCCCC1. The van der Waals surface area contributed by atoms with Gasteiger partial charge in [-0.2, -0.15) is 0 Å². The van der Waals surface area contributed by atoms with Crippen LogP contribution in [0.1, 0.15) is 51.9 Å². The number of hydrogen-bond acceptors (Lipinski definition) is 3. The second-order valence-corrected chi connectivity index (χ2v) is 4.96. The highest BCUT2D eigenvalue weighted by molar-refractivity contribution is 4.93. The van der Waals surface area contributed by atoms with Crippen molar-refractivity contribution in [3.05, 3.63) is 0 Å². The standard InChI is InChI=1S/C12H26N2O/c1-11(6-5-9-15)14-12(10-13)7-3-2-4-8-12/h11,14-15H,2-10,13H2,1H3. The fourth-order valence-electron chi connectivity index (χ4n) is 2.63. The summed E-state index contributed by atoms with van der Waals surface area (Å²) in [4.78, 5) is 0. The first-order valence-corrected chi connectivity index (χ1v) is 6.31. The minimum atomic E-state index is 0.188. The van der Waals surface area contributed by atoms with Gasteiger partial charge >= 0.3 is 0 Å². The summed E-state index contributed by atoms with van der Waals surface area (Å²) in [6.07, 6.45) is 8.31. The molecule has 1 atom stereocenters. The van der Waals surface area contributed by atoms with Crippen molar-refractivity contribution >= 4 is 0 Å². The van der Waals surface area contributed by atoms with Crippen molar-refractivity contribution in [1.29, 1.82) is 0 Å². The molecular weight excluding hydrogens is 188 g/mol. The Bertz CT molecular complexity index is 167. The molecule has 1 aliphatic carbocycles. The van der Waals surface area contributed by atoms with Gasteiger partial charge in [0, 0.05) is 24.7 Å². The molecule has 0 spiro atoms. The van der Waals surface area contributed by atoms with E-state index in [0.29, 0.717) is 12.6 Å². The van der Waals surface area contributed by atoms with E-state index in [1.165, 1.54) is 32.1 Å². The average molecular weight is 214 g/mol. The van der Waals surface area contributed by atoms with Crippen LogP contribution in [0.5, 0.6) is 0 Å². The largest absolute Gasteiger partial charge is 0.396 e. The van der Waals surface area contributed by atoms with Crippen LogP contribution in [0.2, 0.25) is 0 Å². The molecule has 0 amide bonds. The molecule has 0 aromatic rings. The Hall–Kier alpha value is -0.120. The van der Waals surface area contributed by atoms with Crippen LogP contribution in [0.3, 0.4) is 0 Å². The Kier molecular flexibility index (Phi) is 5.58. The molecule has 15 heavy (non-hydrogen) atoms. The van der Waals surface area contributed by atoms with Crippen molar-refractivity contribution < 1.29 is 5.11 Å². The van der Waals surface area contributed by atoms with Crippen LogP contribution >= 0.6 is 0 Å². The van der Waals surface area contributed by atoms with Crippen molar-refractivity contribution in [3.63, 3.8) is 0 Å². The Morgan fingerprint density at radius 1 is 1.33 bits per heavy atom. The Balaban J connectivity index is 2.37. The molecule has 3 heteroatoms. The lowest BCUT2D eigenvalue weighted by Crippen LogP contribution is -2.55. The van der Waals surface area contributed by atoms with E-state index >= 15 is 0 Å². The quantitative estimate of drug-likeness (QED) is 0.626. The molecule has 4 N–H and O–H groups in total. The smallest absolute Gasteiger partial charge is 0.0431 e. The summed E-state index contributed by atoms with van der Waals surface area (Å²) in [7, 11) is 0. The van der Waals surface area contributed by atoms with Gasteiger partial charge in [-0.1, -0.05) is 19.3 Å². The molecule has 1 rings (SSSR count). The summed E-state index contributed by atoms with van der Waals surface area (Å²) in [6.45, 7) is 3.24. The van der Waals surface area contributed by atoms with Gasteiger partial charge in [-0.15, -0.1) is 0 Å². The monoisotopic (exact) mass is 214 g/mol. The van der Waals surface area contributed by atoms with Crippen molar-refractivity contribution in [3.8, 4) is 0 Å². The predicted molar refractivity (Wildman–Crippen MR) is 63.8 cm³/mol.